The fourth-order valence-corrected chi connectivity index (χ4v) is 5.48. The van der Waals surface area contributed by atoms with Crippen LogP contribution in [0.3, 0.4) is 0 Å². The van der Waals surface area contributed by atoms with Crippen LogP contribution >= 0.6 is 23.2 Å². The van der Waals surface area contributed by atoms with Crippen LogP contribution in [0.25, 0.3) is 0 Å². The standard InChI is InChI=1S/C28H31Cl2N3O4S/c1-4-16-31-28(35)21(3)32(18-22-11-13-23(29)14-12-22)27(34)19-33(24-15-10-20(2)26(30)17-24)38(36,37)25-8-6-5-7-9-25/h5-15,17,21H,4,16,18-19H2,1-3H3,(H,31,35)/t21-/m1/s1. The minimum atomic E-state index is -4.14. The number of amides is 2. The van der Waals surface area contributed by atoms with Crippen molar-refractivity contribution in [3.8, 4) is 0 Å². The molecule has 0 aliphatic rings. The topological polar surface area (TPSA) is 86.8 Å². The van der Waals surface area contributed by atoms with E-state index in [9.17, 15) is 18.0 Å². The first-order valence-corrected chi connectivity index (χ1v) is 14.4. The maximum absolute atomic E-state index is 13.8. The zero-order valence-electron chi connectivity index (χ0n) is 21.5. The highest BCUT2D eigenvalue weighted by Gasteiger charge is 2.32. The van der Waals surface area contributed by atoms with Crippen LogP contribution < -0.4 is 9.62 Å². The first-order chi connectivity index (χ1) is 18.0. The summed E-state index contributed by atoms with van der Waals surface area (Å²) in [6, 6.07) is 18.8. The van der Waals surface area contributed by atoms with Gasteiger partial charge in [0.25, 0.3) is 10.0 Å². The normalized spacial score (nSPS) is 12.0. The van der Waals surface area contributed by atoms with Crippen molar-refractivity contribution in [1.82, 2.24) is 10.2 Å². The van der Waals surface area contributed by atoms with E-state index >= 15 is 0 Å². The number of halogens is 2. The SMILES string of the molecule is CCCNC(=O)[C@@H](C)N(Cc1ccc(Cl)cc1)C(=O)CN(c1ccc(C)c(Cl)c1)S(=O)(=O)c1ccccc1. The van der Waals surface area contributed by atoms with Gasteiger partial charge in [0.05, 0.1) is 10.6 Å². The second kappa shape index (κ2) is 13.1. The summed E-state index contributed by atoms with van der Waals surface area (Å²) in [6.07, 6.45) is 0.737. The average Bonchev–Trinajstić information content (AvgIpc) is 2.91. The van der Waals surface area contributed by atoms with Gasteiger partial charge in [0.2, 0.25) is 11.8 Å². The molecule has 10 heteroatoms. The lowest BCUT2D eigenvalue weighted by atomic mass is 10.1. The van der Waals surface area contributed by atoms with E-state index in [0.29, 0.717) is 16.6 Å². The Balaban J connectivity index is 2.02. The molecule has 1 atom stereocenters. The van der Waals surface area contributed by atoms with Gasteiger partial charge in [-0.05, 0) is 67.8 Å². The Morgan fingerprint density at radius 1 is 0.974 bits per heavy atom. The van der Waals surface area contributed by atoms with E-state index in [2.05, 4.69) is 5.32 Å². The van der Waals surface area contributed by atoms with Crippen molar-refractivity contribution in [2.24, 2.45) is 0 Å². The molecule has 0 heterocycles. The van der Waals surface area contributed by atoms with Crippen molar-refractivity contribution >= 4 is 50.7 Å². The third-order valence-corrected chi connectivity index (χ3v) is 8.48. The van der Waals surface area contributed by atoms with Crippen molar-refractivity contribution in [3.63, 3.8) is 0 Å². The lowest BCUT2D eigenvalue weighted by Gasteiger charge is -2.32. The van der Waals surface area contributed by atoms with Gasteiger partial charge in [0.15, 0.2) is 0 Å². The van der Waals surface area contributed by atoms with E-state index in [1.54, 1.807) is 68.4 Å². The summed E-state index contributed by atoms with van der Waals surface area (Å²) in [5.41, 5.74) is 1.76. The van der Waals surface area contributed by atoms with Gasteiger partial charge >= 0.3 is 0 Å². The third-order valence-electron chi connectivity index (χ3n) is 6.04. The molecule has 0 bridgehead atoms. The van der Waals surface area contributed by atoms with Crippen LogP contribution in [-0.2, 0) is 26.2 Å². The van der Waals surface area contributed by atoms with Crippen LogP contribution in [0, 0.1) is 6.92 Å². The van der Waals surface area contributed by atoms with Crippen molar-refractivity contribution < 1.29 is 18.0 Å². The summed E-state index contributed by atoms with van der Waals surface area (Å²) in [5, 5.41) is 3.72. The quantitative estimate of drug-likeness (QED) is 0.330. The molecular weight excluding hydrogens is 545 g/mol. The van der Waals surface area contributed by atoms with Gasteiger partial charge in [0.1, 0.15) is 12.6 Å². The molecule has 7 nitrogen and oxygen atoms in total. The van der Waals surface area contributed by atoms with Crippen LogP contribution in [0.1, 0.15) is 31.4 Å². The maximum atomic E-state index is 13.8. The number of nitrogens with zero attached hydrogens (tertiary/aromatic N) is 2. The van der Waals surface area contributed by atoms with Crippen LogP contribution in [0.15, 0.2) is 77.7 Å². The number of carbonyl (C=O) groups excluding carboxylic acids is 2. The zero-order chi connectivity index (χ0) is 27.9. The number of hydrogen-bond acceptors (Lipinski definition) is 4. The Bertz CT molecular complexity index is 1370. The van der Waals surface area contributed by atoms with Crippen molar-refractivity contribution in [2.75, 3.05) is 17.4 Å². The van der Waals surface area contributed by atoms with Crippen molar-refractivity contribution in [3.05, 3.63) is 94.0 Å². The predicted octanol–water partition coefficient (Wildman–Crippen LogP) is 5.44. The molecule has 0 unspecified atom stereocenters. The Morgan fingerprint density at radius 2 is 1.63 bits per heavy atom. The van der Waals surface area contributed by atoms with E-state index in [1.807, 2.05) is 6.92 Å². The number of nitrogens with one attached hydrogen (secondary N) is 1. The van der Waals surface area contributed by atoms with Gasteiger partial charge in [-0.25, -0.2) is 8.42 Å². The number of anilines is 1. The molecule has 1 N–H and O–H groups in total. The molecule has 0 saturated carbocycles. The van der Waals surface area contributed by atoms with E-state index in [1.165, 1.54) is 23.1 Å². The lowest BCUT2D eigenvalue weighted by Crippen LogP contribution is -2.51. The molecule has 202 valence electrons. The van der Waals surface area contributed by atoms with Crippen LogP contribution in [0.4, 0.5) is 5.69 Å². The molecule has 2 amide bonds. The molecular formula is C28H31Cl2N3O4S. The number of sulfonamides is 1. The van der Waals surface area contributed by atoms with Gasteiger partial charge in [-0.3, -0.25) is 13.9 Å². The highest BCUT2D eigenvalue weighted by Crippen LogP contribution is 2.28. The Kier molecular flexibility index (Phi) is 10.2. The van der Waals surface area contributed by atoms with Crippen LogP contribution in [0.5, 0.6) is 0 Å². The maximum Gasteiger partial charge on any atom is 0.264 e. The Labute approximate surface area is 234 Å². The summed E-state index contributed by atoms with van der Waals surface area (Å²) < 4.78 is 28.5. The Hall–Kier alpha value is -3.07. The molecule has 0 spiro atoms. The number of aryl methyl sites for hydroxylation is 1. The molecule has 3 aromatic rings. The minimum Gasteiger partial charge on any atom is -0.354 e. The summed E-state index contributed by atoms with van der Waals surface area (Å²) in [5.74, 6) is -0.875. The molecule has 3 aromatic carbocycles. The molecule has 0 aromatic heterocycles. The lowest BCUT2D eigenvalue weighted by molar-refractivity contribution is -0.139. The minimum absolute atomic E-state index is 0.0301. The zero-order valence-corrected chi connectivity index (χ0v) is 23.9. The molecule has 38 heavy (non-hydrogen) atoms. The predicted molar refractivity (Wildman–Crippen MR) is 152 cm³/mol. The van der Waals surface area contributed by atoms with E-state index in [4.69, 9.17) is 23.2 Å². The largest absolute Gasteiger partial charge is 0.354 e. The van der Waals surface area contributed by atoms with E-state index < -0.39 is 28.5 Å². The summed E-state index contributed by atoms with van der Waals surface area (Å²) in [7, 11) is -4.14. The second-order valence-electron chi connectivity index (χ2n) is 8.87. The molecule has 0 fully saturated rings. The molecule has 0 radical (unpaired) electrons. The average molecular weight is 577 g/mol. The molecule has 3 rings (SSSR count). The molecule has 0 aliphatic carbocycles. The Morgan fingerprint density at radius 3 is 2.24 bits per heavy atom. The van der Waals surface area contributed by atoms with Crippen molar-refractivity contribution in [2.45, 2.75) is 44.7 Å². The third kappa shape index (κ3) is 7.28. The number of rotatable bonds is 11. The van der Waals surface area contributed by atoms with E-state index in [0.717, 1.165) is 21.9 Å². The van der Waals surface area contributed by atoms with Gasteiger partial charge in [-0.15, -0.1) is 0 Å². The fourth-order valence-electron chi connectivity index (χ4n) is 3.75. The van der Waals surface area contributed by atoms with Gasteiger partial charge < -0.3 is 10.2 Å². The summed E-state index contributed by atoms with van der Waals surface area (Å²) in [4.78, 5) is 28.1. The first kappa shape index (κ1) is 29.5. The number of carbonyl (C=O) groups is 2. The van der Waals surface area contributed by atoms with Crippen LogP contribution in [0.2, 0.25) is 10.0 Å². The molecule has 0 aliphatic heterocycles. The van der Waals surface area contributed by atoms with Gasteiger partial charge in [0, 0.05) is 23.1 Å². The van der Waals surface area contributed by atoms with E-state index in [-0.39, 0.29) is 23.0 Å². The number of benzene rings is 3. The monoisotopic (exact) mass is 575 g/mol. The smallest absolute Gasteiger partial charge is 0.264 e. The summed E-state index contributed by atoms with van der Waals surface area (Å²) in [6.45, 7) is 5.37. The number of hydrogen-bond donors (Lipinski definition) is 1. The second-order valence-corrected chi connectivity index (χ2v) is 11.6. The van der Waals surface area contributed by atoms with Crippen LogP contribution in [-0.4, -0.2) is 44.3 Å². The van der Waals surface area contributed by atoms with Crippen molar-refractivity contribution in [1.29, 1.82) is 0 Å². The first-order valence-electron chi connectivity index (χ1n) is 12.2. The summed E-state index contributed by atoms with van der Waals surface area (Å²) >= 11 is 12.4. The highest BCUT2D eigenvalue weighted by atomic mass is 35.5. The van der Waals surface area contributed by atoms with Gasteiger partial charge in [-0.2, -0.15) is 0 Å². The fraction of sp³-hybridized carbons (Fsp3) is 0.286. The molecule has 0 saturated heterocycles. The highest BCUT2D eigenvalue weighted by molar-refractivity contribution is 7.92. The van der Waals surface area contributed by atoms with Gasteiger partial charge in [-0.1, -0.05) is 66.5 Å².